The standard InChI is InChI=1S/C23H24N2O4/c26-19-11-13-25-21(23(19)28-16-17-7-2-1-3-8-17)22(18-9-6-12-24-15-18)29-20-10-4-5-14-27-20/h1-3,6-9,11-13,15,20,22-23H,4-5,10,14,16H2. The molecule has 1 fully saturated rings. The Morgan fingerprint density at radius 3 is 2.79 bits per heavy atom. The van der Waals surface area contributed by atoms with E-state index in [1.165, 1.54) is 12.3 Å². The summed E-state index contributed by atoms with van der Waals surface area (Å²) in [6.07, 6.45) is 7.55. The molecule has 29 heavy (non-hydrogen) atoms. The van der Waals surface area contributed by atoms with Crippen LogP contribution in [0.1, 0.15) is 36.5 Å². The maximum absolute atomic E-state index is 12.7. The Hall–Kier alpha value is -2.67. The molecule has 2 aliphatic heterocycles. The highest BCUT2D eigenvalue weighted by atomic mass is 16.7. The van der Waals surface area contributed by atoms with Crippen LogP contribution in [0.5, 0.6) is 0 Å². The second-order valence-corrected chi connectivity index (χ2v) is 7.05. The summed E-state index contributed by atoms with van der Waals surface area (Å²) >= 11 is 0. The minimum Gasteiger partial charge on any atom is -0.359 e. The van der Waals surface area contributed by atoms with Crippen LogP contribution in [0.4, 0.5) is 0 Å². The highest BCUT2D eigenvalue weighted by Gasteiger charge is 2.35. The van der Waals surface area contributed by atoms with Gasteiger partial charge in [-0.25, -0.2) is 0 Å². The summed E-state index contributed by atoms with van der Waals surface area (Å²) in [4.78, 5) is 21.4. The molecular weight excluding hydrogens is 368 g/mol. The molecule has 3 unspecified atom stereocenters. The summed E-state index contributed by atoms with van der Waals surface area (Å²) in [6.45, 7) is 0.980. The largest absolute Gasteiger partial charge is 0.359 e. The van der Waals surface area contributed by atoms with E-state index >= 15 is 0 Å². The van der Waals surface area contributed by atoms with Crippen LogP contribution in [0.2, 0.25) is 0 Å². The van der Waals surface area contributed by atoms with E-state index in [0.29, 0.717) is 18.9 Å². The highest BCUT2D eigenvalue weighted by molar-refractivity contribution is 6.15. The molecular formula is C23H24N2O4. The van der Waals surface area contributed by atoms with Crippen LogP contribution >= 0.6 is 0 Å². The van der Waals surface area contributed by atoms with Crippen molar-refractivity contribution in [3.63, 3.8) is 0 Å². The van der Waals surface area contributed by atoms with Crippen LogP contribution in [0.15, 0.2) is 72.1 Å². The SMILES string of the molecule is O=C1C=CN=C(C(OC2CCCCO2)c2cccnc2)C1OCc1ccccc1. The summed E-state index contributed by atoms with van der Waals surface area (Å²) in [5.41, 5.74) is 2.33. The van der Waals surface area contributed by atoms with Crippen molar-refractivity contribution in [3.05, 3.63) is 78.3 Å². The molecule has 2 aromatic rings. The number of carbonyl (C=O) groups is 1. The van der Waals surface area contributed by atoms with Gasteiger partial charge < -0.3 is 14.2 Å². The molecule has 1 aromatic heterocycles. The second kappa shape index (κ2) is 9.69. The predicted molar refractivity (Wildman–Crippen MR) is 108 cm³/mol. The van der Waals surface area contributed by atoms with Crippen LogP contribution in [0.3, 0.4) is 0 Å². The van der Waals surface area contributed by atoms with Crippen LogP contribution in [-0.2, 0) is 25.6 Å². The lowest BCUT2D eigenvalue weighted by atomic mass is 9.97. The van der Waals surface area contributed by atoms with Gasteiger partial charge in [0.15, 0.2) is 18.2 Å². The number of carbonyl (C=O) groups excluding carboxylic acids is 1. The van der Waals surface area contributed by atoms with Crippen LogP contribution in [0.25, 0.3) is 0 Å². The van der Waals surface area contributed by atoms with Gasteiger partial charge in [0.25, 0.3) is 0 Å². The van der Waals surface area contributed by atoms with Crippen molar-refractivity contribution < 1.29 is 19.0 Å². The number of ketones is 1. The van der Waals surface area contributed by atoms with E-state index in [4.69, 9.17) is 14.2 Å². The van der Waals surface area contributed by atoms with Crippen LogP contribution in [0, 0.1) is 0 Å². The molecule has 6 nitrogen and oxygen atoms in total. The van der Waals surface area contributed by atoms with Gasteiger partial charge in [0.1, 0.15) is 6.10 Å². The lowest BCUT2D eigenvalue weighted by molar-refractivity contribution is -0.177. The number of rotatable bonds is 7. The lowest BCUT2D eigenvalue weighted by Crippen LogP contribution is -2.40. The predicted octanol–water partition coefficient (Wildman–Crippen LogP) is 3.79. The molecule has 0 spiro atoms. The van der Waals surface area contributed by atoms with Crippen LogP contribution < -0.4 is 0 Å². The molecule has 2 aliphatic rings. The van der Waals surface area contributed by atoms with E-state index in [0.717, 1.165) is 30.4 Å². The first kappa shape index (κ1) is 19.6. The molecule has 0 amide bonds. The molecule has 0 bridgehead atoms. The number of hydrogen-bond donors (Lipinski definition) is 0. The number of ether oxygens (including phenoxy) is 3. The highest BCUT2D eigenvalue weighted by Crippen LogP contribution is 2.28. The van der Waals surface area contributed by atoms with Crippen molar-refractivity contribution in [3.8, 4) is 0 Å². The fraction of sp³-hybridized carbons (Fsp3) is 0.348. The Labute approximate surface area is 170 Å². The minimum absolute atomic E-state index is 0.145. The number of benzene rings is 1. The summed E-state index contributed by atoms with van der Waals surface area (Å²) < 4.78 is 18.1. The smallest absolute Gasteiger partial charge is 0.191 e. The van der Waals surface area contributed by atoms with E-state index in [1.54, 1.807) is 12.4 Å². The Bertz CT molecular complexity index is 861. The molecule has 1 saturated heterocycles. The number of aromatic nitrogens is 1. The van der Waals surface area contributed by atoms with Crippen molar-refractivity contribution >= 4 is 11.5 Å². The van der Waals surface area contributed by atoms with Gasteiger partial charge in [-0.3, -0.25) is 14.8 Å². The molecule has 1 aromatic carbocycles. The average Bonchev–Trinajstić information content (AvgIpc) is 2.79. The van der Waals surface area contributed by atoms with Gasteiger partial charge >= 0.3 is 0 Å². The first-order valence-electron chi connectivity index (χ1n) is 9.92. The van der Waals surface area contributed by atoms with Gasteiger partial charge in [0, 0.05) is 36.8 Å². The quantitative estimate of drug-likeness (QED) is 0.717. The summed E-state index contributed by atoms with van der Waals surface area (Å²) in [5.74, 6) is -0.145. The van der Waals surface area contributed by atoms with Gasteiger partial charge in [-0.1, -0.05) is 36.4 Å². The van der Waals surface area contributed by atoms with Crippen molar-refractivity contribution in [2.24, 2.45) is 4.99 Å². The van der Waals surface area contributed by atoms with Crippen molar-refractivity contribution in [2.75, 3.05) is 6.61 Å². The van der Waals surface area contributed by atoms with Crippen molar-refractivity contribution in [2.45, 2.75) is 44.4 Å². The molecule has 0 radical (unpaired) electrons. The maximum atomic E-state index is 12.7. The second-order valence-electron chi connectivity index (χ2n) is 7.05. The van der Waals surface area contributed by atoms with E-state index in [9.17, 15) is 4.79 Å². The zero-order valence-corrected chi connectivity index (χ0v) is 16.1. The maximum Gasteiger partial charge on any atom is 0.191 e. The van der Waals surface area contributed by atoms with Gasteiger partial charge in [0.05, 0.1) is 12.3 Å². The Kier molecular flexibility index (Phi) is 6.56. The minimum atomic E-state index is -0.811. The van der Waals surface area contributed by atoms with E-state index < -0.39 is 12.2 Å². The molecule has 3 heterocycles. The fourth-order valence-corrected chi connectivity index (χ4v) is 3.44. The first-order valence-corrected chi connectivity index (χ1v) is 9.92. The van der Waals surface area contributed by atoms with Gasteiger partial charge in [0.2, 0.25) is 0 Å². The van der Waals surface area contributed by atoms with E-state index in [-0.39, 0.29) is 12.1 Å². The number of aliphatic imine (C=N–C) groups is 1. The van der Waals surface area contributed by atoms with E-state index in [1.807, 2.05) is 42.5 Å². The first-order chi connectivity index (χ1) is 14.3. The monoisotopic (exact) mass is 392 g/mol. The molecule has 0 aliphatic carbocycles. The third-order valence-corrected chi connectivity index (χ3v) is 4.93. The molecule has 3 atom stereocenters. The number of hydrogen-bond acceptors (Lipinski definition) is 6. The fourth-order valence-electron chi connectivity index (χ4n) is 3.44. The Balaban J connectivity index is 1.58. The third-order valence-electron chi connectivity index (χ3n) is 4.93. The van der Waals surface area contributed by atoms with Gasteiger partial charge in [-0.2, -0.15) is 0 Å². The normalized spacial score (nSPS) is 22.9. The Morgan fingerprint density at radius 2 is 2.03 bits per heavy atom. The lowest BCUT2D eigenvalue weighted by Gasteiger charge is -2.31. The summed E-state index contributed by atoms with van der Waals surface area (Å²) in [5, 5.41) is 0. The number of pyridine rings is 1. The van der Waals surface area contributed by atoms with Gasteiger partial charge in [-0.05, 0) is 30.9 Å². The third kappa shape index (κ3) is 5.03. The summed E-state index contributed by atoms with van der Waals surface area (Å²) in [6, 6.07) is 13.5. The zero-order valence-electron chi connectivity index (χ0n) is 16.1. The molecule has 150 valence electrons. The Morgan fingerprint density at radius 1 is 1.14 bits per heavy atom. The average molecular weight is 392 g/mol. The topological polar surface area (TPSA) is 70.0 Å². The van der Waals surface area contributed by atoms with Crippen molar-refractivity contribution in [1.82, 2.24) is 4.98 Å². The molecule has 0 N–H and O–H groups in total. The van der Waals surface area contributed by atoms with Gasteiger partial charge in [-0.15, -0.1) is 0 Å². The summed E-state index contributed by atoms with van der Waals surface area (Å²) in [7, 11) is 0. The zero-order chi connectivity index (χ0) is 19.9. The van der Waals surface area contributed by atoms with Crippen molar-refractivity contribution in [1.29, 1.82) is 0 Å². The molecule has 4 rings (SSSR count). The van der Waals surface area contributed by atoms with E-state index in [2.05, 4.69) is 9.98 Å². The van der Waals surface area contributed by atoms with Crippen LogP contribution in [-0.4, -0.2) is 35.5 Å². The number of nitrogens with zero attached hydrogens (tertiary/aromatic N) is 2. The molecule has 6 heteroatoms. The molecule has 0 saturated carbocycles.